The Balaban J connectivity index is 1.98. The van der Waals surface area contributed by atoms with E-state index >= 15 is 0 Å². The fourth-order valence-corrected chi connectivity index (χ4v) is 2.61. The zero-order valence-electron chi connectivity index (χ0n) is 14.1. The lowest BCUT2D eigenvalue weighted by molar-refractivity contribution is -0.132. The summed E-state index contributed by atoms with van der Waals surface area (Å²) in [6, 6.07) is 2.01. The number of nitrogens with zero attached hydrogens (tertiary/aromatic N) is 4. The molecule has 1 aliphatic rings. The third-order valence-corrected chi connectivity index (χ3v) is 3.71. The van der Waals surface area contributed by atoms with Gasteiger partial charge in [0.1, 0.15) is 5.82 Å². The van der Waals surface area contributed by atoms with Crippen molar-refractivity contribution in [3.8, 4) is 0 Å². The van der Waals surface area contributed by atoms with E-state index in [1.165, 1.54) is 0 Å². The van der Waals surface area contributed by atoms with Crippen LogP contribution in [0, 0.1) is 12.8 Å². The number of aryl methyl sites for hydroxylation is 1. The van der Waals surface area contributed by atoms with E-state index in [1.54, 1.807) is 0 Å². The number of nitrogens with one attached hydrogen (secondary N) is 1. The Morgan fingerprint density at radius 1 is 1.27 bits per heavy atom. The molecule has 6 heteroatoms. The third-order valence-electron chi connectivity index (χ3n) is 3.71. The van der Waals surface area contributed by atoms with Gasteiger partial charge in [-0.15, -0.1) is 0 Å². The minimum absolute atomic E-state index is 0.266. The van der Waals surface area contributed by atoms with E-state index in [-0.39, 0.29) is 5.91 Å². The Morgan fingerprint density at radius 2 is 1.95 bits per heavy atom. The van der Waals surface area contributed by atoms with E-state index in [1.807, 2.05) is 24.8 Å². The Hall–Kier alpha value is -1.85. The number of anilines is 2. The Bertz CT molecular complexity index is 509. The molecule has 1 saturated heterocycles. The van der Waals surface area contributed by atoms with E-state index in [2.05, 4.69) is 34.0 Å². The maximum absolute atomic E-state index is 12.1. The lowest BCUT2D eigenvalue weighted by Crippen LogP contribution is -2.49. The molecule has 1 aromatic rings. The van der Waals surface area contributed by atoms with Crippen LogP contribution in [0.2, 0.25) is 0 Å². The molecule has 1 aliphatic heterocycles. The van der Waals surface area contributed by atoms with Gasteiger partial charge in [-0.25, -0.2) is 4.98 Å². The topological polar surface area (TPSA) is 61.4 Å². The number of carbonyl (C=O) groups excluding carboxylic acids is 1. The maximum Gasteiger partial charge on any atom is 0.224 e. The summed E-state index contributed by atoms with van der Waals surface area (Å²) >= 11 is 0. The number of hydrogen-bond acceptors (Lipinski definition) is 5. The fraction of sp³-hybridized carbons (Fsp3) is 0.688. The molecule has 0 unspecified atom stereocenters. The summed E-state index contributed by atoms with van der Waals surface area (Å²) in [4.78, 5) is 25.3. The molecule has 0 aliphatic carbocycles. The van der Waals surface area contributed by atoms with Crippen molar-refractivity contribution in [3.05, 3.63) is 11.8 Å². The molecule has 0 aromatic carbocycles. The van der Waals surface area contributed by atoms with E-state index in [4.69, 9.17) is 0 Å². The molecule has 1 amide bonds. The largest absolute Gasteiger partial charge is 0.354 e. The minimum Gasteiger partial charge on any atom is -0.354 e. The van der Waals surface area contributed by atoms with E-state index < -0.39 is 0 Å². The fourth-order valence-electron chi connectivity index (χ4n) is 2.61. The average Bonchev–Trinajstić information content (AvgIpc) is 2.46. The van der Waals surface area contributed by atoms with Crippen LogP contribution in [0.15, 0.2) is 6.07 Å². The van der Waals surface area contributed by atoms with Crippen LogP contribution in [-0.2, 0) is 4.79 Å². The molecular formula is C16H27N5O. The predicted octanol–water partition coefficient (Wildman–Crippen LogP) is 1.91. The molecule has 1 aromatic heterocycles. The summed E-state index contributed by atoms with van der Waals surface area (Å²) in [6.45, 7) is 12.2. The molecule has 0 atom stereocenters. The van der Waals surface area contributed by atoms with Crippen molar-refractivity contribution in [3.63, 3.8) is 0 Å². The van der Waals surface area contributed by atoms with Crippen LogP contribution in [0.1, 0.15) is 32.9 Å². The quantitative estimate of drug-likeness (QED) is 0.900. The molecule has 2 heterocycles. The van der Waals surface area contributed by atoms with Crippen molar-refractivity contribution in [1.29, 1.82) is 0 Å². The van der Waals surface area contributed by atoms with Gasteiger partial charge in [-0.3, -0.25) is 4.79 Å². The van der Waals surface area contributed by atoms with Crippen LogP contribution < -0.4 is 10.2 Å². The zero-order valence-corrected chi connectivity index (χ0v) is 14.1. The monoisotopic (exact) mass is 305 g/mol. The molecule has 2 rings (SSSR count). The second-order valence-electron chi connectivity index (χ2n) is 6.19. The molecule has 1 fully saturated rings. The lowest BCUT2D eigenvalue weighted by Gasteiger charge is -2.36. The van der Waals surface area contributed by atoms with E-state index in [0.717, 1.165) is 44.2 Å². The highest BCUT2D eigenvalue weighted by atomic mass is 16.2. The van der Waals surface area contributed by atoms with Crippen LogP contribution in [-0.4, -0.2) is 53.5 Å². The Morgan fingerprint density at radius 3 is 2.55 bits per heavy atom. The summed E-state index contributed by atoms with van der Waals surface area (Å²) in [5.74, 6) is 2.30. The first-order chi connectivity index (χ1) is 10.5. The number of hydrogen-bond donors (Lipinski definition) is 1. The first kappa shape index (κ1) is 16.5. The molecule has 1 N–H and O–H groups in total. The smallest absolute Gasteiger partial charge is 0.224 e. The molecule has 6 nitrogen and oxygen atoms in total. The second-order valence-corrected chi connectivity index (χ2v) is 6.19. The molecule has 0 saturated carbocycles. The molecule has 122 valence electrons. The van der Waals surface area contributed by atoms with Crippen LogP contribution in [0.4, 0.5) is 11.8 Å². The van der Waals surface area contributed by atoms with Gasteiger partial charge in [-0.1, -0.05) is 13.8 Å². The number of piperazine rings is 1. The molecule has 0 bridgehead atoms. The van der Waals surface area contributed by atoms with Crippen molar-refractivity contribution in [2.24, 2.45) is 5.92 Å². The van der Waals surface area contributed by atoms with Crippen LogP contribution >= 0.6 is 0 Å². The average molecular weight is 305 g/mol. The van der Waals surface area contributed by atoms with Gasteiger partial charge in [0.05, 0.1) is 0 Å². The van der Waals surface area contributed by atoms with Crippen LogP contribution in [0.3, 0.4) is 0 Å². The summed E-state index contributed by atoms with van der Waals surface area (Å²) in [7, 11) is 0. The van der Waals surface area contributed by atoms with Crippen molar-refractivity contribution in [2.75, 3.05) is 42.9 Å². The van der Waals surface area contributed by atoms with Gasteiger partial charge in [0.2, 0.25) is 11.9 Å². The summed E-state index contributed by atoms with van der Waals surface area (Å²) in [5.41, 5.74) is 0.958. The first-order valence-corrected chi connectivity index (χ1v) is 8.12. The predicted molar refractivity (Wildman–Crippen MR) is 89.2 cm³/mol. The SMILES string of the molecule is CCNc1nc(C)cc(N2CCN(C(=O)CC(C)C)CC2)n1. The van der Waals surface area contributed by atoms with Gasteiger partial charge >= 0.3 is 0 Å². The number of aromatic nitrogens is 2. The minimum atomic E-state index is 0.266. The van der Waals surface area contributed by atoms with Crippen molar-refractivity contribution < 1.29 is 4.79 Å². The standard InChI is InChI=1S/C16H27N5O/c1-5-17-16-18-13(4)11-14(19-16)20-6-8-21(9-7-20)15(22)10-12(2)3/h11-12H,5-10H2,1-4H3,(H,17,18,19). The van der Waals surface area contributed by atoms with E-state index in [9.17, 15) is 4.79 Å². The third kappa shape index (κ3) is 4.32. The summed E-state index contributed by atoms with van der Waals surface area (Å²) in [6.07, 6.45) is 0.636. The van der Waals surface area contributed by atoms with Crippen LogP contribution in [0.25, 0.3) is 0 Å². The summed E-state index contributed by atoms with van der Waals surface area (Å²) < 4.78 is 0. The molecular weight excluding hydrogens is 278 g/mol. The molecule has 0 spiro atoms. The number of carbonyl (C=O) groups is 1. The maximum atomic E-state index is 12.1. The highest BCUT2D eigenvalue weighted by molar-refractivity contribution is 5.76. The molecule has 0 radical (unpaired) electrons. The molecule has 22 heavy (non-hydrogen) atoms. The van der Waals surface area contributed by atoms with Crippen molar-refractivity contribution >= 4 is 17.7 Å². The highest BCUT2D eigenvalue weighted by Crippen LogP contribution is 2.17. The van der Waals surface area contributed by atoms with Gasteiger partial charge in [-0.05, 0) is 19.8 Å². The van der Waals surface area contributed by atoms with Gasteiger partial charge in [-0.2, -0.15) is 4.98 Å². The zero-order chi connectivity index (χ0) is 16.1. The van der Waals surface area contributed by atoms with E-state index in [0.29, 0.717) is 18.3 Å². The first-order valence-electron chi connectivity index (χ1n) is 8.12. The summed E-state index contributed by atoms with van der Waals surface area (Å²) in [5, 5.41) is 3.16. The van der Waals surface area contributed by atoms with Crippen LogP contribution in [0.5, 0.6) is 0 Å². The Kier molecular flexibility index (Phi) is 5.57. The van der Waals surface area contributed by atoms with Gasteiger partial charge in [0.25, 0.3) is 0 Å². The van der Waals surface area contributed by atoms with Gasteiger partial charge < -0.3 is 15.1 Å². The highest BCUT2D eigenvalue weighted by Gasteiger charge is 2.22. The van der Waals surface area contributed by atoms with Gasteiger partial charge in [0.15, 0.2) is 0 Å². The van der Waals surface area contributed by atoms with Gasteiger partial charge in [0, 0.05) is 50.9 Å². The normalized spacial score (nSPS) is 15.3. The Labute approximate surface area is 132 Å². The number of amides is 1. The van der Waals surface area contributed by atoms with Crippen molar-refractivity contribution in [2.45, 2.75) is 34.1 Å². The lowest BCUT2D eigenvalue weighted by atomic mass is 10.1. The second kappa shape index (κ2) is 7.42. The van der Waals surface area contributed by atoms with Crippen molar-refractivity contribution in [1.82, 2.24) is 14.9 Å². The number of rotatable bonds is 5.